The number of hydrogen-bond acceptors (Lipinski definition) is 6. The van der Waals surface area contributed by atoms with Crippen LogP contribution < -0.4 is 4.90 Å². The molecule has 1 N–H and O–H groups in total. The van der Waals surface area contributed by atoms with Crippen molar-refractivity contribution < 1.29 is 24.2 Å². The third kappa shape index (κ3) is 4.33. The Balaban J connectivity index is 1.80. The van der Waals surface area contributed by atoms with Crippen LogP contribution in [0.3, 0.4) is 0 Å². The minimum atomic E-state index is -0.770. The van der Waals surface area contributed by atoms with Crippen LogP contribution in [-0.2, 0) is 19.1 Å². The maximum Gasteiger partial charge on any atom is 0.311 e. The molecule has 3 fully saturated rings. The Morgan fingerprint density at radius 3 is 2.75 bits per heavy atom. The molecule has 6 atom stereocenters. The number of anilines is 1. The summed E-state index contributed by atoms with van der Waals surface area (Å²) >= 11 is 5.32. The molecule has 2 bridgehead atoms. The van der Waals surface area contributed by atoms with Crippen LogP contribution in [0.4, 0.5) is 5.69 Å². The van der Waals surface area contributed by atoms with Gasteiger partial charge in [-0.25, -0.2) is 0 Å². The van der Waals surface area contributed by atoms with E-state index in [4.69, 9.17) is 4.74 Å². The Hall–Kier alpha value is -2.10. The Bertz CT molecular complexity index is 1080. The van der Waals surface area contributed by atoms with Crippen LogP contribution in [0, 0.1) is 25.7 Å². The molecular formula is C27H33BrN2O5S. The quantitative estimate of drug-likeness (QED) is 0.261. The fourth-order valence-electron chi connectivity index (χ4n) is 5.99. The average molecular weight is 578 g/mol. The zero-order chi connectivity index (χ0) is 26.2. The lowest BCUT2D eigenvalue weighted by Crippen LogP contribution is -2.55. The van der Waals surface area contributed by atoms with Crippen LogP contribution in [0.1, 0.15) is 24.0 Å². The number of alkyl halides is 1. The Morgan fingerprint density at radius 2 is 2.08 bits per heavy atom. The summed E-state index contributed by atoms with van der Waals surface area (Å²) in [4.78, 5) is 44.8. The van der Waals surface area contributed by atoms with Crippen LogP contribution in [0.15, 0.2) is 43.5 Å². The molecule has 1 aromatic carbocycles. The number of aryl methyl sites for hydroxylation is 2. The fraction of sp³-hybridized carbons (Fsp3) is 0.519. The molecule has 0 saturated carbocycles. The summed E-state index contributed by atoms with van der Waals surface area (Å²) in [6.07, 6.45) is 4.13. The molecule has 1 spiro atoms. The van der Waals surface area contributed by atoms with Gasteiger partial charge >= 0.3 is 5.97 Å². The predicted molar refractivity (Wildman–Crippen MR) is 145 cm³/mol. The van der Waals surface area contributed by atoms with E-state index in [1.807, 2.05) is 32.0 Å². The topological polar surface area (TPSA) is 87.1 Å². The monoisotopic (exact) mass is 576 g/mol. The Labute approximate surface area is 225 Å². The number of ether oxygens (including phenoxy) is 1. The van der Waals surface area contributed by atoms with Crippen molar-refractivity contribution in [2.24, 2.45) is 11.8 Å². The van der Waals surface area contributed by atoms with Gasteiger partial charge in [-0.2, -0.15) is 0 Å². The maximum absolute atomic E-state index is 14.5. The van der Waals surface area contributed by atoms with Gasteiger partial charge in [-0.3, -0.25) is 14.4 Å². The molecule has 3 saturated heterocycles. The first-order chi connectivity index (χ1) is 17.2. The van der Waals surface area contributed by atoms with Crippen molar-refractivity contribution in [1.82, 2.24) is 4.90 Å². The minimum absolute atomic E-state index is 0.0329. The van der Waals surface area contributed by atoms with Crippen LogP contribution in [0.2, 0.25) is 0 Å². The second kappa shape index (κ2) is 10.7. The number of aliphatic hydroxyl groups is 1. The number of benzene rings is 1. The van der Waals surface area contributed by atoms with Crippen LogP contribution in [0.5, 0.6) is 0 Å². The molecule has 3 aliphatic heterocycles. The SMILES string of the molecule is C=CCOC(=O)[C@H]1[C@H]2C(=O)N(CCCO)C(C(=O)N(CC=C)c3cc(C)ccc3C)C23CC(Br)[C@@H]1S3. The fourth-order valence-corrected chi connectivity index (χ4v) is 9.59. The van der Waals surface area contributed by atoms with Crippen molar-refractivity contribution in [3.63, 3.8) is 0 Å². The van der Waals surface area contributed by atoms with Gasteiger partial charge in [0.05, 0.1) is 16.6 Å². The third-order valence-electron chi connectivity index (χ3n) is 7.43. The number of fused-ring (bicyclic) bond motifs is 1. The van der Waals surface area contributed by atoms with Gasteiger partial charge in [0.15, 0.2) is 0 Å². The average Bonchev–Trinajstić information content (AvgIpc) is 3.44. The number of amides is 2. The molecule has 0 aliphatic carbocycles. The zero-order valence-electron chi connectivity index (χ0n) is 20.7. The van der Waals surface area contributed by atoms with Crippen LogP contribution in [-0.4, -0.2) is 75.0 Å². The van der Waals surface area contributed by atoms with Crippen LogP contribution in [0.25, 0.3) is 0 Å². The number of carbonyl (C=O) groups excluding carboxylic acids is 3. The first-order valence-electron chi connectivity index (χ1n) is 12.2. The lowest BCUT2D eigenvalue weighted by molar-refractivity contribution is -0.153. The summed E-state index contributed by atoms with van der Waals surface area (Å²) in [5.74, 6) is -2.13. The van der Waals surface area contributed by atoms with Gasteiger partial charge in [0.25, 0.3) is 5.91 Å². The highest BCUT2D eigenvalue weighted by Crippen LogP contribution is 2.68. The summed E-state index contributed by atoms with van der Waals surface area (Å²) in [6, 6.07) is 5.19. The lowest BCUT2D eigenvalue weighted by atomic mass is 9.71. The summed E-state index contributed by atoms with van der Waals surface area (Å²) in [5, 5.41) is 9.38. The second-order valence-electron chi connectivity index (χ2n) is 9.72. The molecular weight excluding hydrogens is 544 g/mol. The first-order valence-corrected chi connectivity index (χ1v) is 14.0. The van der Waals surface area contributed by atoms with Crippen molar-refractivity contribution in [2.75, 3.05) is 31.2 Å². The number of carbonyl (C=O) groups is 3. The highest BCUT2D eigenvalue weighted by molar-refractivity contribution is 9.09. The highest BCUT2D eigenvalue weighted by Gasteiger charge is 2.76. The van der Waals surface area contributed by atoms with E-state index >= 15 is 0 Å². The van der Waals surface area contributed by atoms with E-state index < -0.39 is 28.6 Å². The first kappa shape index (κ1) is 26.9. The maximum atomic E-state index is 14.5. The molecule has 4 rings (SSSR count). The van der Waals surface area contributed by atoms with E-state index in [1.54, 1.807) is 27.6 Å². The van der Waals surface area contributed by atoms with Crippen molar-refractivity contribution in [3.8, 4) is 0 Å². The molecule has 3 aliphatic rings. The molecule has 3 unspecified atom stereocenters. The van der Waals surface area contributed by atoms with Crippen LogP contribution >= 0.6 is 27.7 Å². The molecule has 1 aromatic rings. The largest absolute Gasteiger partial charge is 0.461 e. The molecule has 7 nitrogen and oxygen atoms in total. The highest BCUT2D eigenvalue weighted by atomic mass is 79.9. The van der Waals surface area contributed by atoms with Gasteiger partial charge in [0.2, 0.25) is 5.91 Å². The number of thioether (sulfide) groups is 1. The number of likely N-dealkylation sites (tertiary alicyclic amines) is 1. The third-order valence-corrected chi connectivity index (χ3v) is 10.6. The number of esters is 1. The van der Waals surface area contributed by atoms with Crippen molar-refractivity contribution in [3.05, 3.63) is 54.6 Å². The molecule has 0 aromatic heterocycles. The molecule has 194 valence electrons. The van der Waals surface area contributed by atoms with Gasteiger partial charge in [-0.15, -0.1) is 18.3 Å². The molecule has 0 radical (unpaired) electrons. The molecule has 3 heterocycles. The van der Waals surface area contributed by atoms with Gasteiger partial charge in [-0.05, 0) is 43.9 Å². The number of hydrogen-bond donors (Lipinski definition) is 1. The standard InChI is InChI=1S/C27H33BrN2O5S/c1-5-10-29(19-14-16(3)8-9-17(19)4)25(33)23-27-15-18(28)22(36-27)20(26(34)35-13-6-2)21(27)24(32)30(23)11-7-12-31/h5-6,8-9,14,18,20-23,31H,1-2,7,10-13,15H2,3-4H3/t18?,20-,21-,22-,23?,27?/m0/s1. The van der Waals surface area contributed by atoms with Gasteiger partial charge in [-0.1, -0.05) is 46.8 Å². The normalized spacial score (nSPS) is 30.3. The van der Waals surface area contributed by atoms with Gasteiger partial charge < -0.3 is 19.6 Å². The second-order valence-corrected chi connectivity index (χ2v) is 12.4. The lowest BCUT2D eigenvalue weighted by Gasteiger charge is -2.38. The summed E-state index contributed by atoms with van der Waals surface area (Å²) in [6.45, 7) is 11.9. The number of aliphatic hydroxyl groups excluding tert-OH is 1. The van der Waals surface area contributed by atoms with E-state index in [-0.39, 0.29) is 41.6 Å². The summed E-state index contributed by atoms with van der Waals surface area (Å²) in [5.41, 5.74) is 2.75. The number of nitrogens with zero attached hydrogens (tertiary/aromatic N) is 2. The molecule has 36 heavy (non-hydrogen) atoms. The number of rotatable bonds is 10. The molecule has 9 heteroatoms. The van der Waals surface area contributed by atoms with Gasteiger partial charge in [0, 0.05) is 35.5 Å². The Kier molecular flexibility index (Phi) is 8.02. The van der Waals surface area contributed by atoms with E-state index in [9.17, 15) is 19.5 Å². The van der Waals surface area contributed by atoms with E-state index in [2.05, 4.69) is 29.1 Å². The van der Waals surface area contributed by atoms with E-state index in [1.165, 1.54) is 6.08 Å². The van der Waals surface area contributed by atoms with Crippen molar-refractivity contribution in [1.29, 1.82) is 0 Å². The van der Waals surface area contributed by atoms with E-state index in [0.29, 0.717) is 19.4 Å². The Morgan fingerprint density at radius 1 is 1.33 bits per heavy atom. The smallest absolute Gasteiger partial charge is 0.311 e. The summed E-state index contributed by atoms with van der Waals surface area (Å²) in [7, 11) is 0. The van der Waals surface area contributed by atoms with Crippen molar-refractivity contribution in [2.45, 2.75) is 47.6 Å². The predicted octanol–water partition coefficient (Wildman–Crippen LogP) is 3.40. The zero-order valence-corrected chi connectivity index (χ0v) is 23.1. The molecule has 2 amide bonds. The van der Waals surface area contributed by atoms with Crippen molar-refractivity contribution >= 4 is 51.2 Å². The minimum Gasteiger partial charge on any atom is -0.461 e. The summed E-state index contributed by atoms with van der Waals surface area (Å²) < 4.78 is 4.65. The van der Waals surface area contributed by atoms with Gasteiger partial charge in [0.1, 0.15) is 12.6 Å². The number of halogens is 1. The van der Waals surface area contributed by atoms with E-state index in [0.717, 1.165) is 16.8 Å².